The van der Waals surface area contributed by atoms with Gasteiger partial charge in [-0.05, 0) is 0 Å². The van der Waals surface area contributed by atoms with Gasteiger partial charge in [-0.15, -0.1) is 0 Å². The topological polar surface area (TPSA) is 0 Å². The van der Waals surface area contributed by atoms with Crippen LogP contribution < -0.4 is 0 Å². The summed E-state index contributed by atoms with van der Waals surface area (Å²) >= 11 is -1.16. The molecule has 0 aromatic heterocycles. The van der Waals surface area contributed by atoms with Crippen molar-refractivity contribution in [1.29, 1.82) is 0 Å². The second kappa shape index (κ2) is 2.44. The molecule has 1 heteroatoms. The Labute approximate surface area is 61.9 Å². The van der Waals surface area contributed by atoms with Crippen LogP contribution in [0.4, 0.5) is 0 Å². The van der Waals surface area contributed by atoms with Gasteiger partial charge in [0.05, 0.1) is 0 Å². The van der Waals surface area contributed by atoms with Crippen LogP contribution in [0.5, 0.6) is 0 Å². The minimum atomic E-state index is -1.16. The predicted molar refractivity (Wildman–Crippen MR) is 43.5 cm³/mol. The van der Waals surface area contributed by atoms with Gasteiger partial charge in [-0.3, -0.25) is 0 Å². The van der Waals surface area contributed by atoms with Crippen molar-refractivity contribution >= 4 is 18.4 Å². The average Bonchev–Trinajstić information content (AvgIpc) is 2.45. The summed E-state index contributed by atoms with van der Waals surface area (Å²) in [6.07, 6.45) is 6.48. The first-order valence-corrected chi connectivity index (χ1v) is 12.5. The Morgan fingerprint density at radius 1 is 0.556 bits per heavy atom. The Morgan fingerprint density at radius 2 is 0.889 bits per heavy atom. The summed E-state index contributed by atoms with van der Waals surface area (Å²) in [5, 5.41) is 0. The Morgan fingerprint density at radius 3 is 1.22 bits per heavy atom. The van der Waals surface area contributed by atoms with E-state index in [9.17, 15) is 0 Å². The molecule has 9 heavy (non-hydrogen) atoms. The first-order chi connectivity index (χ1) is 4.41. The van der Waals surface area contributed by atoms with Crippen LogP contribution in [0.3, 0.4) is 0 Å². The second-order valence-corrected chi connectivity index (χ2v) is 18.2. The molecule has 2 aliphatic heterocycles. The van der Waals surface area contributed by atoms with Crippen molar-refractivity contribution in [1.82, 2.24) is 0 Å². The SMILES string of the molecule is C1C[CH2][Sn]2([CH2]1)[CH2]CC[CH2]2. The minimum absolute atomic E-state index is 1.16. The molecule has 0 aromatic rings. The van der Waals surface area contributed by atoms with Crippen molar-refractivity contribution in [2.24, 2.45) is 0 Å². The van der Waals surface area contributed by atoms with Gasteiger partial charge in [-0.2, -0.15) is 0 Å². The fraction of sp³-hybridized carbons (Fsp3) is 1.00. The van der Waals surface area contributed by atoms with E-state index in [1.54, 1.807) is 43.4 Å². The van der Waals surface area contributed by atoms with E-state index in [0.29, 0.717) is 0 Å². The van der Waals surface area contributed by atoms with Crippen LogP contribution in [0.2, 0.25) is 17.7 Å². The van der Waals surface area contributed by atoms with E-state index >= 15 is 0 Å². The zero-order valence-electron chi connectivity index (χ0n) is 6.16. The van der Waals surface area contributed by atoms with Gasteiger partial charge in [-0.1, -0.05) is 0 Å². The summed E-state index contributed by atoms with van der Waals surface area (Å²) in [4.78, 5) is 0. The standard InChI is InChI=1S/2C4H8.Sn/c2*1-3-4-2;/h2*1-4H2;. The molecule has 0 radical (unpaired) electrons. The molecule has 2 rings (SSSR count). The predicted octanol–water partition coefficient (Wildman–Crippen LogP) is 3.02. The normalized spacial score (nSPS) is 32.0. The summed E-state index contributed by atoms with van der Waals surface area (Å²) in [5.41, 5.74) is 0. The zero-order chi connectivity index (χ0) is 6.16. The van der Waals surface area contributed by atoms with Crippen molar-refractivity contribution in [3.05, 3.63) is 0 Å². The van der Waals surface area contributed by atoms with Gasteiger partial charge in [0.1, 0.15) is 0 Å². The van der Waals surface area contributed by atoms with Crippen LogP contribution in [-0.4, -0.2) is 18.4 Å². The molecule has 2 heterocycles. The Balaban J connectivity index is 2.04. The van der Waals surface area contributed by atoms with Gasteiger partial charge in [0.15, 0.2) is 0 Å². The summed E-state index contributed by atoms with van der Waals surface area (Å²) in [6, 6.07) is 0. The third kappa shape index (κ3) is 1.15. The summed E-state index contributed by atoms with van der Waals surface area (Å²) in [5.74, 6) is 0. The van der Waals surface area contributed by atoms with Crippen LogP contribution in [0, 0.1) is 0 Å². The molecule has 0 unspecified atom stereocenters. The molecule has 2 aliphatic rings. The van der Waals surface area contributed by atoms with Crippen LogP contribution in [0.15, 0.2) is 0 Å². The van der Waals surface area contributed by atoms with Crippen LogP contribution in [-0.2, 0) is 0 Å². The molecule has 0 atom stereocenters. The fourth-order valence-corrected chi connectivity index (χ4v) is 18.4. The van der Waals surface area contributed by atoms with Crippen LogP contribution in [0.1, 0.15) is 25.7 Å². The van der Waals surface area contributed by atoms with Gasteiger partial charge >= 0.3 is 61.8 Å². The monoisotopic (exact) mass is 232 g/mol. The van der Waals surface area contributed by atoms with Crippen molar-refractivity contribution in [2.45, 2.75) is 43.4 Å². The fourth-order valence-electron chi connectivity index (χ4n) is 2.75. The summed E-state index contributed by atoms with van der Waals surface area (Å²) in [6.45, 7) is 0. The second-order valence-electron chi connectivity index (χ2n) is 3.91. The molecule has 2 fully saturated rings. The van der Waals surface area contributed by atoms with Gasteiger partial charge in [0.2, 0.25) is 0 Å². The number of rotatable bonds is 0. The first kappa shape index (κ1) is 6.51. The molecule has 0 aliphatic carbocycles. The zero-order valence-corrected chi connectivity index (χ0v) is 9.01. The third-order valence-corrected chi connectivity index (χ3v) is 19.5. The third-order valence-electron chi connectivity index (χ3n) is 3.33. The van der Waals surface area contributed by atoms with Gasteiger partial charge in [0.25, 0.3) is 0 Å². The summed E-state index contributed by atoms with van der Waals surface area (Å²) < 4.78 is 7.09. The van der Waals surface area contributed by atoms with Gasteiger partial charge in [-0.25, -0.2) is 0 Å². The Hall–Kier alpha value is 0.799. The molecule has 0 saturated carbocycles. The molecule has 0 aromatic carbocycles. The molecular formula is C8H16Sn. The van der Waals surface area contributed by atoms with Crippen molar-refractivity contribution in [3.63, 3.8) is 0 Å². The first-order valence-electron chi connectivity index (χ1n) is 4.41. The Bertz CT molecular complexity index is 79.6. The van der Waals surface area contributed by atoms with Crippen LogP contribution >= 0.6 is 0 Å². The summed E-state index contributed by atoms with van der Waals surface area (Å²) in [7, 11) is 0. The van der Waals surface area contributed by atoms with E-state index in [1.165, 1.54) is 0 Å². The van der Waals surface area contributed by atoms with Crippen molar-refractivity contribution in [2.75, 3.05) is 0 Å². The molecule has 0 bridgehead atoms. The molecule has 2 saturated heterocycles. The van der Waals surface area contributed by atoms with E-state index in [1.807, 2.05) is 0 Å². The average molecular weight is 231 g/mol. The maximum absolute atomic E-state index is 1.77. The van der Waals surface area contributed by atoms with E-state index in [4.69, 9.17) is 0 Å². The van der Waals surface area contributed by atoms with Crippen molar-refractivity contribution in [3.8, 4) is 0 Å². The molecule has 0 amide bonds. The molecule has 52 valence electrons. The Kier molecular flexibility index (Phi) is 1.77. The van der Waals surface area contributed by atoms with Gasteiger partial charge < -0.3 is 0 Å². The van der Waals surface area contributed by atoms with E-state index < -0.39 is 18.4 Å². The molecule has 0 N–H and O–H groups in total. The molecule has 0 nitrogen and oxygen atoms in total. The number of hydrogen-bond acceptors (Lipinski definition) is 0. The van der Waals surface area contributed by atoms with Crippen LogP contribution in [0.25, 0.3) is 0 Å². The van der Waals surface area contributed by atoms with Crippen molar-refractivity contribution < 1.29 is 0 Å². The van der Waals surface area contributed by atoms with Gasteiger partial charge in [0, 0.05) is 0 Å². The van der Waals surface area contributed by atoms with E-state index in [0.717, 1.165) is 0 Å². The van der Waals surface area contributed by atoms with E-state index in [2.05, 4.69) is 0 Å². The quantitative estimate of drug-likeness (QED) is 0.562. The van der Waals surface area contributed by atoms with E-state index in [-0.39, 0.29) is 0 Å². The maximum atomic E-state index is 1.77. The molecule has 1 spiro atoms. The number of hydrogen-bond donors (Lipinski definition) is 0. The molecular weight excluding hydrogens is 215 g/mol.